The van der Waals surface area contributed by atoms with Gasteiger partial charge in [-0.1, -0.05) is 30.3 Å². The molecule has 1 aromatic carbocycles. The Morgan fingerprint density at radius 2 is 2.22 bits per heavy atom. The molecule has 1 aliphatic heterocycles. The fourth-order valence-corrected chi connectivity index (χ4v) is 3.03. The molecule has 1 fully saturated rings. The Morgan fingerprint density at radius 3 is 3.00 bits per heavy atom. The van der Waals surface area contributed by atoms with Crippen molar-refractivity contribution >= 4 is 5.91 Å². The first-order chi connectivity index (χ1) is 11.3. The molecule has 1 saturated heterocycles. The van der Waals surface area contributed by atoms with Gasteiger partial charge < -0.3 is 14.6 Å². The van der Waals surface area contributed by atoms with Crippen molar-refractivity contribution in [3.63, 3.8) is 0 Å². The van der Waals surface area contributed by atoms with Crippen LogP contribution in [-0.2, 0) is 16.1 Å². The van der Waals surface area contributed by atoms with E-state index >= 15 is 0 Å². The van der Waals surface area contributed by atoms with Gasteiger partial charge in [0.05, 0.1) is 12.4 Å². The summed E-state index contributed by atoms with van der Waals surface area (Å²) in [6.07, 6.45) is 7.91. The second-order valence-electron chi connectivity index (χ2n) is 5.96. The molecule has 122 valence electrons. The lowest BCUT2D eigenvalue weighted by atomic mass is 9.95. The van der Waals surface area contributed by atoms with E-state index < -0.39 is 0 Å². The van der Waals surface area contributed by atoms with Crippen molar-refractivity contribution in [2.75, 3.05) is 13.2 Å². The minimum absolute atomic E-state index is 0.0995. The van der Waals surface area contributed by atoms with Crippen LogP contribution in [0.5, 0.6) is 0 Å². The maximum absolute atomic E-state index is 12.0. The predicted molar refractivity (Wildman–Crippen MR) is 87.7 cm³/mol. The summed E-state index contributed by atoms with van der Waals surface area (Å²) in [4.78, 5) is 16.0. The van der Waals surface area contributed by atoms with E-state index in [1.807, 2.05) is 29.0 Å². The zero-order valence-electron chi connectivity index (χ0n) is 13.2. The van der Waals surface area contributed by atoms with Crippen LogP contribution in [0.4, 0.5) is 0 Å². The average Bonchev–Trinajstić information content (AvgIpc) is 3.25. The first-order valence-electron chi connectivity index (χ1n) is 8.22. The van der Waals surface area contributed by atoms with Crippen LogP contribution < -0.4 is 5.32 Å². The van der Waals surface area contributed by atoms with E-state index in [-0.39, 0.29) is 12.0 Å². The van der Waals surface area contributed by atoms with Crippen molar-refractivity contribution in [1.82, 2.24) is 14.9 Å². The third kappa shape index (κ3) is 4.42. The standard InChI is InChI=1S/C18H23N3O2/c22-17(7-4-10-21-11-9-19-14-21)20-13-16-8-12-23-18(16)15-5-2-1-3-6-15/h1-3,5-6,9,11,14,16,18H,4,7-8,10,12-13H2,(H,20,22)/t16-,18-/m1/s1. The van der Waals surface area contributed by atoms with Crippen LogP contribution in [0.3, 0.4) is 0 Å². The molecule has 1 N–H and O–H groups in total. The van der Waals surface area contributed by atoms with Gasteiger partial charge in [0.25, 0.3) is 0 Å². The van der Waals surface area contributed by atoms with Gasteiger partial charge in [-0.05, 0) is 18.4 Å². The van der Waals surface area contributed by atoms with Gasteiger partial charge in [-0.25, -0.2) is 4.98 Å². The van der Waals surface area contributed by atoms with Gasteiger partial charge in [-0.2, -0.15) is 0 Å². The molecule has 0 aliphatic carbocycles. The Morgan fingerprint density at radius 1 is 1.35 bits per heavy atom. The number of carbonyl (C=O) groups excluding carboxylic acids is 1. The van der Waals surface area contributed by atoms with Crippen LogP contribution in [0.1, 0.15) is 30.9 Å². The van der Waals surface area contributed by atoms with Crippen LogP contribution in [0.15, 0.2) is 49.1 Å². The molecule has 1 aliphatic rings. The number of aryl methyl sites for hydroxylation is 1. The smallest absolute Gasteiger partial charge is 0.220 e. The number of aromatic nitrogens is 2. The van der Waals surface area contributed by atoms with Gasteiger partial charge in [0.1, 0.15) is 0 Å². The summed E-state index contributed by atoms with van der Waals surface area (Å²) in [5.74, 6) is 0.471. The molecule has 0 radical (unpaired) electrons. The minimum atomic E-state index is 0.0995. The van der Waals surface area contributed by atoms with E-state index in [1.165, 1.54) is 5.56 Å². The molecule has 0 saturated carbocycles. The summed E-state index contributed by atoms with van der Waals surface area (Å²) >= 11 is 0. The lowest BCUT2D eigenvalue weighted by molar-refractivity contribution is -0.121. The third-order valence-corrected chi connectivity index (χ3v) is 4.28. The SMILES string of the molecule is O=C(CCCn1ccnc1)NC[C@H]1CCO[C@@H]1c1ccccc1. The van der Waals surface area contributed by atoms with Crippen molar-refractivity contribution in [3.8, 4) is 0 Å². The fourth-order valence-electron chi connectivity index (χ4n) is 3.03. The van der Waals surface area contributed by atoms with Crippen LogP contribution in [0.2, 0.25) is 0 Å². The zero-order valence-corrected chi connectivity index (χ0v) is 13.2. The van der Waals surface area contributed by atoms with Crippen LogP contribution in [0.25, 0.3) is 0 Å². The fraction of sp³-hybridized carbons (Fsp3) is 0.444. The van der Waals surface area contributed by atoms with Crippen LogP contribution in [0, 0.1) is 5.92 Å². The first-order valence-corrected chi connectivity index (χ1v) is 8.22. The highest BCUT2D eigenvalue weighted by Crippen LogP contribution is 2.33. The Balaban J connectivity index is 1.41. The molecule has 0 bridgehead atoms. The summed E-state index contributed by atoms with van der Waals surface area (Å²) in [5, 5.41) is 3.06. The summed E-state index contributed by atoms with van der Waals surface area (Å²) in [6.45, 7) is 2.27. The number of imidazole rings is 1. The molecular weight excluding hydrogens is 290 g/mol. The maximum atomic E-state index is 12.0. The molecule has 2 heterocycles. The maximum Gasteiger partial charge on any atom is 0.220 e. The number of amides is 1. The normalized spacial score (nSPS) is 20.5. The van der Waals surface area contributed by atoms with Gasteiger partial charge in [0.2, 0.25) is 5.91 Å². The third-order valence-electron chi connectivity index (χ3n) is 4.28. The van der Waals surface area contributed by atoms with Crippen LogP contribution >= 0.6 is 0 Å². The van der Waals surface area contributed by atoms with E-state index in [2.05, 4.69) is 22.4 Å². The van der Waals surface area contributed by atoms with E-state index in [9.17, 15) is 4.79 Å². The number of hydrogen-bond donors (Lipinski definition) is 1. The second-order valence-corrected chi connectivity index (χ2v) is 5.96. The Hall–Kier alpha value is -2.14. The quantitative estimate of drug-likeness (QED) is 0.854. The molecule has 2 atom stereocenters. The Labute approximate surface area is 136 Å². The molecule has 2 aromatic rings. The molecule has 5 nitrogen and oxygen atoms in total. The number of nitrogens with one attached hydrogen (secondary N) is 1. The number of benzene rings is 1. The summed E-state index contributed by atoms with van der Waals surface area (Å²) in [5.41, 5.74) is 1.20. The summed E-state index contributed by atoms with van der Waals surface area (Å²) in [7, 11) is 0. The average molecular weight is 313 g/mol. The Kier molecular flexibility index (Phi) is 5.42. The molecule has 0 spiro atoms. The van der Waals surface area contributed by atoms with Crippen molar-refractivity contribution in [2.45, 2.75) is 31.9 Å². The highest BCUT2D eigenvalue weighted by Gasteiger charge is 2.29. The number of ether oxygens (including phenoxy) is 1. The minimum Gasteiger partial charge on any atom is -0.373 e. The molecule has 23 heavy (non-hydrogen) atoms. The van der Waals surface area contributed by atoms with Crippen molar-refractivity contribution < 1.29 is 9.53 Å². The second kappa shape index (κ2) is 7.92. The molecule has 1 aromatic heterocycles. The van der Waals surface area contributed by atoms with Gasteiger partial charge in [-0.15, -0.1) is 0 Å². The van der Waals surface area contributed by atoms with Crippen molar-refractivity contribution in [1.29, 1.82) is 0 Å². The predicted octanol–water partition coefficient (Wildman–Crippen LogP) is 2.56. The van der Waals surface area contributed by atoms with Crippen LogP contribution in [-0.4, -0.2) is 28.6 Å². The number of hydrogen-bond acceptors (Lipinski definition) is 3. The van der Waals surface area contributed by atoms with Gasteiger partial charge >= 0.3 is 0 Å². The summed E-state index contributed by atoms with van der Waals surface area (Å²) < 4.78 is 7.84. The molecule has 0 unspecified atom stereocenters. The van der Waals surface area contributed by atoms with Crippen molar-refractivity contribution in [2.24, 2.45) is 5.92 Å². The number of nitrogens with zero attached hydrogens (tertiary/aromatic N) is 2. The van der Waals surface area contributed by atoms with E-state index in [4.69, 9.17) is 4.74 Å². The van der Waals surface area contributed by atoms with Crippen molar-refractivity contribution in [3.05, 3.63) is 54.6 Å². The van der Waals surface area contributed by atoms with E-state index in [1.54, 1.807) is 12.5 Å². The molecule has 5 heteroatoms. The van der Waals surface area contributed by atoms with Gasteiger partial charge in [-0.3, -0.25) is 4.79 Å². The summed E-state index contributed by atoms with van der Waals surface area (Å²) in [6, 6.07) is 10.3. The van der Waals surface area contributed by atoms with Gasteiger partial charge in [0.15, 0.2) is 0 Å². The highest BCUT2D eigenvalue weighted by atomic mass is 16.5. The lowest BCUT2D eigenvalue weighted by Crippen LogP contribution is -2.30. The molecular formula is C18H23N3O2. The topological polar surface area (TPSA) is 56.2 Å². The molecule has 3 rings (SSSR count). The largest absolute Gasteiger partial charge is 0.373 e. The van der Waals surface area contributed by atoms with Gasteiger partial charge in [0, 0.05) is 44.4 Å². The number of carbonyl (C=O) groups is 1. The first kappa shape index (κ1) is 15.7. The zero-order chi connectivity index (χ0) is 15.9. The number of rotatable bonds is 7. The Bertz CT molecular complexity index is 598. The lowest BCUT2D eigenvalue weighted by Gasteiger charge is -2.19. The monoisotopic (exact) mass is 313 g/mol. The van der Waals surface area contributed by atoms with E-state index in [0.717, 1.165) is 26.0 Å². The van der Waals surface area contributed by atoms with E-state index in [0.29, 0.717) is 18.9 Å². The highest BCUT2D eigenvalue weighted by molar-refractivity contribution is 5.75. The molecule has 1 amide bonds.